The van der Waals surface area contributed by atoms with Gasteiger partial charge in [-0.15, -0.1) is 0 Å². The van der Waals surface area contributed by atoms with Crippen molar-refractivity contribution in [1.82, 2.24) is 30.3 Å². The van der Waals surface area contributed by atoms with Crippen LogP contribution in [0.1, 0.15) is 37.8 Å². The van der Waals surface area contributed by atoms with E-state index in [2.05, 4.69) is 42.2 Å². The van der Waals surface area contributed by atoms with Gasteiger partial charge in [0.15, 0.2) is 11.8 Å². The Morgan fingerprint density at radius 2 is 2.11 bits per heavy atom. The van der Waals surface area contributed by atoms with Crippen molar-refractivity contribution in [2.24, 2.45) is 10.9 Å². The maximum atomic E-state index is 5.18. The van der Waals surface area contributed by atoms with E-state index in [1.54, 1.807) is 7.11 Å². The monoisotopic (exact) mass is 377 g/mol. The second-order valence-corrected chi connectivity index (χ2v) is 7.59. The van der Waals surface area contributed by atoms with Gasteiger partial charge in [0.25, 0.3) is 0 Å². The molecule has 1 aromatic heterocycles. The molecule has 8 heteroatoms. The maximum Gasteiger partial charge on any atom is 0.191 e. The molecule has 3 heterocycles. The molecule has 1 fully saturated rings. The molecule has 0 aromatic carbocycles. The molecule has 1 unspecified atom stereocenters. The summed E-state index contributed by atoms with van der Waals surface area (Å²) in [6, 6.07) is 0.353. The first-order chi connectivity index (χ1) is 13.2. The van der Waals surface area contributed by atoms with Gasteiger partial charge >= 0.3 is 0 Å². The van der Waals surface area contributed by atoms with Gasteiger partial charge in [-0.1, -0.05) is 6.92 Å². The molecule has 2 aliphatic heterocycles. The Balaban J connectivity index is 1.40. The second-order valence-electron chi connectivity index (χ2n) is 7.59. The van der Waals surface area contributed by atoms with Gasteiger partial charge in [-0.25, -0.2) is 9.67 Å². The van der Waals surface area contributed by atoms with Crippen molar-refractivity contribution in [1.29, 1.82) is 0 Å². The van der Waals surface area contributed by atoms with Crippen LogP contribution in [0.3, 0.4) is 0 Å². The zero-order valence-electron chi connectivity index (χ0n) is 17.1. The number of methoxy groups -OCH3 is 1. The Kier molecular flexibility index (Phi) is 7.46. The number of aliphatic imine (C=N–C) groups is 1. The summed E-state index contributed by atoms with van der Waals surface area (Å²) in [5.74, 6) is 3.68. The summed E-state index contributed by atoms with van der Waals surface area (Å²) >= 11 is 0. The highest BCUT2D eigenvalue weighted by Crippen LogP contribution is 2.16. The summed E-state index contributed by atoms with van der Waals surface area (Å²) in [7, 11) is 3.62. The molecular weight excluding hydrogens is 342 g/mol. The smallest absolute Gasteiger partial charge is 0.191 e. The van der Waals surface area contributed by atoms with E-state index in [0.29, 0.717) is 12.0 Å². The first-order valence-electron chi connectivity index (χ1n) is 10.3. The number of fused-ring (bicyclic) bond motifs is 1. The lowest BCUT2D eigenvalue weighted by atomic mass is 9.97. The lowest BCUT2D eigenvalue weighted by molar-refractivity contribution is 0.121. The van der Waals surface area contributed by atoms with Crippen LogP contribution in [0.15, 0.2) is 4.99 Å². The van der Waals surface area contributed by atoms with Gasteiger partial charge in [0.1, 0.15) is 5.82 Å². The number of aromatic nitrogens is 3. The lowest BCUT2D eigenvalue weighted by Crippen LogP contribution is -2.48. The minimum atomic E-state index is 0.353. The van der Waals surface area contributed by atoms with Gasteiger partial charge in [-0.2, -0.15) is 5.10 Å². The van der Waals surface area contributed by atoms with E-state index in [4.69, 9.17) is 4.74 Å². The minimum absolute atomic E-state index is 0.353. The molecular formula is C19H35N7O. The van der Waals surface area contributed by atoms with Crippen molar-refractivity contribution < 1.29 is 4.74 Å². The topological polar surface area (TPSA) is 79.6 Å². The minimum Gasteiger partial charge on any atom is -0.383 e. The molecule has 2 N–H and O–H groups in total. The highest BCUT2D eigenvalue weighted by atomic mass is 16.5. The van der Waals surface area contributed by atoms with Crippen molar-refractivity contribution >= 4 is 5.96 Å². The third-order valence-electron chi connectivity index (χ3n) is 5.66. The van der Waals surface area contributed by atoms with E-state index in [9.17, 15) is 0 Å². The molecule has 27 heavy (non-hydrogen) atoms. The normalized spacial score (nSPS) is 21.9. The van der Waals surface area contributed by atoms with E-state index >= 15 is 0 Å². The van der Waals surface area contributed by atoms with Crippen molar-refractivity contribution in [3.8, 4) is 0 Å². The SMILES string of the molecule is CCc1nc2n(n1)CC(NC(=NC)NCC1CCN(CCOC)CC1)CC2. The molecule has 0 aliphatic carbocycles. The number of hydrogen-bond acceptors (Lipinski definition) is 5. The lowest BCUT2D eigenvalue weighted by Gasteiger charge is -2.32. The molecule has 0 saturated carbocycles. The largest absolute Gasteiger partial charge is 0.383 e. The van der Waals surface area contributed by atoms with Crippen molar-refractivity contribution in [3.05, 3.63) is 11.6 Å². The van der Waals surface area contributed by atoms with E-state index in [0.717, 1.165) is 63.1 Å². The summed E-state index contributed by atoms with van der Waals surface area (Å²) < 4.78 is 7.24. The zero-order chi connectivity index (χ0) is 19.1. The fourth-order valence-corrected chi connectivity index (χ4v) is 3.89. The first kappa shape index (κ1) is 20.1. The Hall–Kier alpha value is -1.67. The molecule has 1 aromatic rings. The van der Waals surface area contributed by atoms with Crippen LogP contribution in [-0.4, -0.2) is 78.6 Å². The molecule has 3 rings (SSSR count). The highest BCUT2D eigenvalue weighted by Gasteiger charge is 2.23. The average Bonchev–Trinajstić information content (AvgIpc) is 3.12. The van der Waals surface area contributed by atoms with Gasteiger partial charge < -0.3 is 20.3 Å². The van der Waals surface area contributed by atoms with Gasteiger partial charge in [0.2, 0.25) is 0 Å². The molecule has 2 aliphatic rings. The Bertz CT molecular complexity index is 607. The third-order valence-corrected chi connectivity index (χ3v) is 5.66. The van der Waals surface area contributed by atoms with Gasteiger partial charge in [0.05, 0.1) is 13.2 Å². The zero-order valence-corrected chi connectivity index (χ0v) is 17.1. The maximum absolute atomic E-state index is 5.18. The van der Waals surface area contributed by atoms with Gasteiger partial charge in [-0.05, 0) is 38.3 Å². The molecule has 1 atom stereocenters. The van der Waals surface area contributed by atoms with Crippen LogP contribution in [0.4, 0.5) is 0 Å². The first-order valence-corrected chi connectivity index (χ1v) is 10.3. The number of nitrogens with one attached hydrogen (secondary N) is 2. The van der Waals surface area contributed by atoms with Crippen molar-refractivity contribution in [3.63, 3.8) is 0 Å². The molecule has 8 nitrogen and oxygen atoms in total. The van der Waals surface area contributed by atoms with Crippen LogP contribution in [0.25, 0.3) is 0 Å². The van der Waals surface area contributed by atoms with E-state index < -0.39 is 0 Å². The van der Waals surface area contributed by atoms with E-state index in [-0.39, 0.29) is 0 Å². The molecule has 0 amide bonds. The van der Waals surface area contributed by atoms with Crippen LogP contribution in [0, 0.1) is 5.92 Å². The molecule has 0 spiro atoms. The fourth-order valence-electron chi connectivity index (χ4n) is 3.89. The number of nitrogens with zero attached hydrogens (tertiary/aromatic N) is 5. The Labute approximate surface area is 162 Å². The third kappa shape index (κ3) is 5.65. The Morgan fingerprint density at radius 1 is 1.30 bits per heavy atom. The number of hydrogen-bond donors (Lipinski definition) is 2. The van der Waals surface area contributed by atoms with Crippen LogP contribution >= 0.6 is 0 Å². The predicted octanol–water partition coefficient (Wildman–Crippen LogP) is 0.679. The summed E-state index contributed by atoms with van der Waals surface area (Å²) in [5, 5.41) is 11.7. The van der Waals surface area contributed by atoms with Gasteiger partial charge in [0, 0.05) is 46.1 Å². The second kappa shape index (κ2) is 10.0. The summed E-state index contributed by atoms with van der Waals surface area (Å²) in [4.78, 5) is 11.5. The number of guanidine groups is 1. The summed E-state index contributed by atoms with van der Waals surface area (Å²) in [6.07, 6.45) is 5.41. The van der Waals surface area contributed by atoms with Crippen molar-refractivity contribution in [2.75, 3.05) is 46.9 Å². The van der Waals surface area contributed by atoms with Crippen LogP contribution in [0.5, 0.6) is 0 Å². The number of rotatable bonds is 7. The summed E-state index contributed by atoms with van der Waals surface area (Å²) in [5.41, 5.74) is 0. The molecule has 0 radical (unpaired) electrons. The quantitative estimate of drug-likeness (QED) is 0.537. The molecule has 1 saturated heterocycles. The van der Waals surface area contributed by atoms with E-state index in [1.165, 1.54) is 25.9 Å². The molecule has 152 valence electrons. The standard InChI is InChI=1S/C19H35N7O/c1-4-17-23-18-6-5-16(14-26(18)24-17)22-19(20-2)21-13-15-7-9-25(10-8-15)11-12-27-3/h15-16H,4-14H2,1-3H3,(H2,20,21,22). The van der Waals surface area contributed by atoms with Crippen molar-refractivity contribution in [2.45, 2.75) is 51.6 Å². The highest BCUT2D eigenvalue weighted by molar-refractivity contribution is 5.79. The van der Waals surface area contributed by atoms with Crippen LogP contribution in [0.2, 0.25) is 0 Å². The van der Waals surface area contributed by atoms with Crippen LogP contribution in [-0.2, 0) is 24.1 Å². The fraction of sp³-hybridized carbons (Fsp3) is 0.842. The van der Waals surface area contributed by atoms with E-state index in [1.807, 2.05) is 7.05 Å². The van der Waals surface area contributed by atoms with Crippen LogP contribution < -0.4 is 10.6 Å². The number of aryl methyl sites for hydroxylation is 2. The van der Waals surface area contributed by atoms with Gasteiger partial charge in [-0.3, -0.25) is 4.99 Å². The Morgan fingerprint density at radius 3 is 2.81 bits per heavy atom. The average molecular weight is 378 g/mol. The number of ether oxygens (including phenoxy) is 1. The predicted molar refractivity (Wildman–Crippen MR) is 107 cm³/mol. The molecule has 0 bridgehead atoms. The number of likely N-dealkylation sites (tertiary alicyclic amines) is 1. The summed E-state index contributed by atoms with van der Waals surface area (Å²) in [6.45, 7) is 8.16. The number of piperidine rings is 1.